The van der Waals surface area contributed by atoms with Crippen molar-refractivity contribution in [3.8, 4) is 5.75 Å². The molecule has 0 bridgehead atoms. The zero-order valence-electron chi connectivity index (χ0n) is 16.5. The molecule has 2 unspecified atom stereocenters. The predicted octanol–water partition coefficient (Wildman–Crippen LogP) is 3.43. The molecule has 0 fully saturated rings. The smallest absolute Gasteiger partial charge is 0.341 e. The molecule has 1 aliphatic rings. The number of hydrogen-bond acceptors (Lipinski definition) is 4. The number of ether oxygens (including phenoxy) is 1. The first-order chi connectivity index (χ1) is 14.5. The van der Waals surface area contributed by atoms with Crippen LogP contribution >= 0.6 is 0 Å². The highest BCUT2D eigenvalue weighted by Crippen LogP contribution is 2.28. The number of rotatable bonds is 7. The van der Waals surface area contributed by atoms with E-state index in [1.165, 1.54) is 0 Å². The number of carbonyl (C=O) groups excluding carboxylic acids is 1. The van der Waals surface area contributed by atoms with Gasteiger partial charge in [0, 0.05) is 30.0 Å². The van der Waals surface area contributed by atoms with Crippen LogP contribution in [0.2, 0.25) is 0 Å². The summed E-state index contributed by atoms with van der Waals surface area (Å²) in [6.45, 7) is 2.90. The highest BCUT2D eigenvalue weighted by Gasteiger charge is 2.36. The van der Waals surface area contributed by atoms with Crippen LogP contribution in [0, 0.1) is 5.92 Å². The number of aliphatic carboxylic acids is 1. The molecule has 3 aromatic rings. The van der Waals surface area contributed by atoms with E-state index >= 15 is 0 Å². The summed E-state index contributed by atoms with van der Waals surface area (Å²) in [6.07, 6.45) is 4.63. The number of carboxylic acids is 1. The number of hydrogen-bond donors (Lipinski definition) is 2. The fourth-order valence-electron chi connectivity index (χ4n) is 3.71. The number of aryl methyl sites for hydroxylation is 1. The minimum Gasteiger partial charge on any atom is -0.494 e. The van der Waals surface area contributed by atoms with E-state index in [-0.39, 0.29) is 0 Å². The Kier molecular flexibility index (Phi) is 5.47. The summed E-state index contributed by atoms with van der Waals surface area (Å²) in [6, 6.07) is 11.9. The first kappa shape index (κ1) is 19.6. The summed E-state index contributed by atoms with van der Waals surface area (Å²) in [7, 11) is 0. The summed E-state index contributed by atoms with van der Waals surface area (Å²) in [4.78, 5) is 31.5. The van der Waals surface area contributed by atoms with Crippen LogP contribution < -0.4 is 10.1 Å². The van der Waals surface area contributed by atoms with Gasteiger partial charge in [-0.25, -0.2) is 14.8 Å². The molecule has 0 radical (unpaired) electrons. The van der Waals surface area contributed by atoms with Crippen LogP contribution in [0.25, 0.3) is 11.0 Å². The lowest BCUT2D eigenvalue weighted by atomic mass is 9.88. The van der Waals surface area contributed by atoms with Crippen molar-refractivity contribution < 1.29 is 19.4 Å². The van der Waals surface area contributed by atoms with Gasteiger partial charge < -0.3 is 19.7 Å². The molecule has 0 spiro atoms. The van der Waals surface area contributed by atoms with Crippen LogP contribution in [-0.2, 0) is 11.3 Å². The number of aliphatic imine (C=N–C) groups is 1. The fourth-order valence-corrected chi connectivity index (χ4v) is 3.71. The van der Waals surface area contributed by atoms with E-state index in [9.17, 15) is 14.7 Å². The van der Waals surface area contributed by atoms with Gasteiger partial charge >= 0.3 is 12.0 Å². The number of carbonyl (C=O) groups is 2. The first-order valence-electron chi connectivity index (χ1n) is 9.74. The van der Waals surface area contributed by atoms with E-state index in [4.69, 9.17) is 4.74 Å². The molecule has 0 aliphatic carbocycles. The van der Waals surface area contributed by atoms with Crippen LogP contribution in [0.1, 0.15) is 24.9 Å². The number of fused-ring (bicyclic) bond motifs is 1. The Hall–Kier alpha value is -3.68. The third-order valence-electron chi connectivity index (χ3n) is 5.18. The van der Waals surface area contributed by atoms with Crippen molar-refractivity contribution in [2.24, 2.45) is 10.9 Å². The monoisotopic (exact) mass is 406 g/mol. The van der Waals surface area contributed by atoms with Crippen molar-refractivity contribution in [2.45, 2.75) is 25.9 Å². The SMILES string of the molecule is CC1=NC(=O)NC(c2ccc(OCCCn3ccc4cccnc43)cc2)C1C(=O)O. The lowest BCUT2D eigenvalue weighted by Gasteiger charge is -2.28. The van der Waals surface area contributed by atoms with Gasteiger partial charge in [-0.05, 0) is 49.2 Å². The maximum atomic E-state index is 11.7. The molecule has 1 aromatic carbocycles. The van der Waals surface area contributed by atoms with Gasteiger partial charge in [0.25, 0.3) is 0 Å². The maximum Gasteiger partial charge on any atom is 0.341 e. The predicted molar refractivity (Wildman–Crippen MR) is 112 cm³/mol. The quantitative estimate of drug-likeness (QED) is 0.585. The number of benzene rings is 1. The van der Waals surface area contributed by atoms with Gasteiger partial charge in [-0.3, -0.25) is 4.79 Å². The van der Waals surface area contributed by atoms with E-state index in [1.54, 1.807) is 37.4 Å². The Bertz CT molecular complexity index is 1100. The molecule has 2 N–H and O–H groups in total. The van der Waals surface area contributed by atoms with Crippen molar-refractivity contribution >= 4 is 28.7 Å². The average Bonchev–Trinajstić information content (AvgIpc) is 3.14. The summed E-state index contributed by atoms with van der Waals surface area (Å²) in [5, 5.41) is 13.3. The van der Waals surface area contributed by atoms with Crippen molar-refractivity contribution in [3.63, 3.8) is 0 Å². The van der Waals surface area contributed by atoms with Gasteiger partial charge in [-0.2, -0.15) is 0 Å². The Morgan fingerprint density at radius 2 is 2.03 bits per heavy atom. The summed E-state index contributed by atoms with van der Waals surface area (Å²) >= 11 is 0. The third kappa shape index (κ3) is 4.03. The minimum atomic E-state index is -1.02. The van der Waals surface area contributed by atoms with Gasteiger partial charge in [0.15, 0.2) is 0 Å². The van der Waals surface area contributed by atoms with E-state index in [0.717, 1.165) is 24.0 Å². The second kappa shape index (κ2) is 8.36. The maximum absolute atomic E-state index is 11.7. The number of nitrogens with one attached hydrogen (secondary N) is 1. The van der Waals surface area contributed by atoms with Crippen LogP contribution in [0.3, 0.4) is 0 Å². The lowest BCUT2D eigenvalue weighted by Crippen LogP contribution is -2.43. The van der Waals surface area contributed by atoms with Crippen molar-refractivity contribution in [3.05, 3.63) is 60.4 Å². The molecule has 4 rings (SSSR count). The number of amides is 2. The van der Waals surface area contributed by atoms with Crippen molar-refractivity contribution in [1.82, 2.24) is 14.9 Å². The summed E-state index contributed by atoms with van der Waals surface area (Å²) in [5.74, 6) is -1.22. The second-order valence-electron chi connectivity index (χ2n) is 7.19. The number of nitrogens with zero attached hydrogens (tertiary/aromatic N) is 3. The molecular weight excluding hydrogens is 384 g/mol. The third-order valence-corrected chi connectivity index (χ3v) is 5.18. The molecule has 0 saturated heterocycles. The van der Waals surface area contributed by atoms with Crippen molar-refractivity contribution in [2.75, 3.05) is 6.61 Å². The first-order valence-corrected chi connectivity index (χ1v) is 9.74. The molecule has 0 saturated carbocycles. The molecular formula is C22H22N4O4. The van der Waals surface area contributed by atoms with Gasteiger partial charge in [0.05, 0.1) is 12.6 Å². The van der Waals surface area contributed by atoms with E-state index in [1.807, 2.05) is 24.4 Å². The van der Waals surface area contributed by atoms with Crippen LogP contribution in [-0.4, -0.2) is 39.0 Å². The normalized spacial score (nSPS) is 18.7. The van der Waals surface area contributed by atoms with Gasteiger partial charge in [-0.15, -0.1) is 0 Å². The zero-order valence-corrected chi connectivity index (χ0v) is 16.5. The molecule has 8 nitrogen and oxygen atoms in total. The van der Waals surface area contributed by atoms with Crippen LogP contribution in [0.4, 0.5) is 4.79 Å². The van der Waals surface area contributed by atoms with Crippen LogP contribution in [0.15, 0.2) is 59.9 Å². The number of urea groups is 1. The van der Waals surface area contributed by atoms with E-state index < -0.39 is 24.0 Å². The molecule has 3 heterocycles. The summed E-state index contributed by atoms with van der Waals surface area (Å²) in [5.41, 5.74) is 1.95. The highest BCUT2D eigenvalue weighted by molar-refractivity contribution is 6.07. The van der Waals surface area contributed by atoms with Crippen molar-refractivity contribution in [1.29, 1.82) is 0 Å². The molecule has 1 aliphatic heterocycles. The van der Waals surface area contributed by atoms with Gasteiger partial charge in [-0.1, -0.05) is 12.1 Å². The lowest BCUT2D eigenvalue weighted by molar-refractivity contribution is -0.140. The largest absolute Gasteiger partial charge is 0.494 e. The molecule has 2 amide bonds. The Morgan fingerprint density at radius 3 is 2.80 bits per heavy atom. The Morgan fingerprint density at radius 1 is 1.23 bits per heavy atom. The molecule has 2 atom stereocenters. The zero-order chi connectivity index (χ0) is 21.1. The molecule has 2 aromatic heterocycles. The van der Waals surface area contributed by atoms with E-state index in [0.29, 0.717) is 23.6 Å². The van der Waals surface area contributed by atoms with E-state index in [2.05, 4.69) is 19.9 Å². The molecule has 8 heteroatoms. The standard InChI is InChI=1S/C22H22N4O4/c1-14-18(21(27)28)19(25-22(29)24-14)15-5-7-17(8-6-15)30-13-3-11-26-12-9-16-4-2-10-23-20(16)26/h2,4-10,12,18-19H,3,11,13H2,1H3,(H,25,29)(H,27,28). The average molecular weight is 406 g/mol. The second-order valence-corrected chi connectivity index (χ2v) is 7.19. The molecule has 30 heavy (non-hydrogen) atoms. The highest BCUT2D eigenvalue weighted by atomic mass is 16.5. The fraction of sp³-hybridized carbons (Fsp3) is 0.273. The molecule has 154 valence electrons. The number of aromatic nitrogens is 2. The van der Waals surface area contributed by atoms with Crippen LogP contribution in [0.5, 0.6) is 5.75 Å². The number of pyridine rings is 1. The Labute approximate surface area is 173 Å². The van der Waals surface area contributed by atoms with Gasteiger partial charge in [0.1, 0.15) is 17.3 Å². The number of carboxylic acid groups (broad SMARTS) is 1. The van der Waals surface area contributed by atoms with Gasteiger partial charge in [0.2, 0.25) is 0 Å². The minimum absolute atomic E-state index is 0.295. The Balaban J connectivity index is 1.35. The topological polar surface area (TPSA) is 106 Å². The summed E-state index contributed by atoms with van der Waals surface area (Å²) < 4.78 is 7.91.